The minimum absolute atomic E-state index is 0.0357. The highest BCUT2D eigenvalue weighted by Gasteiger charge is 2.61. The van der Waals surface area contributed by atoms with E-state index >= 15 is 0 Å². The van der Waals surface area contributed by atoms with Gasteiger partial charge < -0.3 is 4.74 Å². The van der Waals surface area contributed by atoms with Crippen LogP contribution in [0, 0.1) is 29.1 Å². The van der Waals surface area contributed by atoms with Crippen LogP contribution >= 0.6 is 0 Å². The lowest BCUT2D eigenvalue weighted by Crippen LogP contribution is -2.17. The van der Waals surface area contributed by atoms with Crippen LogP contribution in [-0.4, -0.2) is 11.8 Å². The van der Waals surface area contributed by atoms with Gasteiger partial charge in [-0.3, -0.25) is 9.59 Å². The fourth-order valence-corrected chi connectivity index (χ4v) is 3.53. The first-order valence-electron chi connectivity index (χ1n) is 8.43. The predicted molar refractivity (Wildman–Crippen MR) is 91.5 cm³/mol. The van der Waals surface area contributed by atoms with Crippen LogP contribution in [0.15, 0.2) is 35.6 Å². The molecule has 0 aromatic rings. The number of esters is 1. The Kier molecular flexibility index (Phi) is 4.98. The number of carbonyl (C=O) groups is 2. The molecule has 23 heavy (non-hydrogen) atoms. The Morgan fingerprint density at radius 1 is 1.35 bits per heavy atom. The largest absolute Gasteiger partial charge is 0.430 e. The third kappa shape index (κ3) is 3.49. The highest BCUT2D eigenvalue weighted by Crippen LogP contribution is 2.60. The minimum Gasteiger partial charge on any atom is -0.430 e. The van der Waals surface area contributed by atoms with E-state index in [2.05, 4.69) is 19.9 Å². The average molecular weight is 316 g/mol. The second-order valence-electron chi connectivity index (χ2n) is 7.64. The predicted octanol–water partition coefficient (Wildman–Crippen LogP) is 4.45. The number of hydrogen-bond acceptors (Lipinski definition) is 3. The molecule has 1 saturated carbocycles. The van der Waals surface area contributed by atoms with E-state index in [0.29, 0.717) is 12.2 Å². The summed E-state index contributed by atoms with van der Waals surface area (Å²) in [5, 5.41) is 0. The van der Waals surface area contributed by atoms with Crippen molar-refractivity contribution < 1.29 is 14.3 Å². The zero-order chi connectivity index (χ0) is 17.4. The molecule has 0 saturated heterocycles. The summed E-state index contributed by atoms with van der Waals surface area (Å²) in [6, 6.07) is 0. The van der Waals surface area contributed by atoms with Crippen LogP contribution in [0.4, 0.5) is 0 Å². The van der Waals surface area contributed by atoms with Crippen molar-refractivity contribution >= 4 is 11.8 Å². The maximum Gasteiger partial charge on any atom is 0.315 e. The van der Waals surface area contributed by atoms with Gasteiger partial charge in [0.2, 0.25) is 0 Å². The van der Waals surface area contributed by atoms with Crippen LogP contribution in [0.1, 0.15) is 48.0 Å². The van der Waals surface area contributed by atoms with E-state index in [-0.39, 0.29) is 40.8 Å². The molecule has 2 aliphatic rings. The zero-order valence-corrected chi connectivity index (χ0v) is 15.1. The molecule has 0 bridgehead atoms. The van der Waals surface area contributed by atoms with Gasteiger partial charge >= 0.3 is 5.97 Å². The van der Waals surface area contributed by atoms with E-state index in [9.17, 15) is 9.59 Å². The first-order valence-corrected chi connectivity index (χ1v) is 8.43. The molecule has 0 N–H and O–H groups in total. The van der Waals surface area contributed by atoms with Crippen molar-refractivity contribution in [2.45, 2.75) is 48.0 Å². The second-order valence-corrected chi connectivity index (χ2v) is 7.64. The molecule has 4 unspecified atom stereocenters. The first kappa shape index (κ1) is 17.7. The number of rotatable bonds is 5. The fraction of sp³-hybridized carbons (Fsp3) is 0.600. The van der Waals surface area contributed by atoms with Gasteiger partial charge in [0.05, 0.1) is 5.92 Å². The summed E-state index contributed by atoms with van der Waals surface area (Å²) in [6.07, 6.45) is 8.30. The van der Waals surface area contributed by atoms with E-state index in [1.54, 1.807) is 0 Å². The van der Waals surface area contributed by atoms with Gasteiger partial charge in [0.1, 0.15) is 5.76 Å². The van der Waals surface area contributed by atoms with Crippen molar-refractivity contribution in [2.24, 2.45) is 29.1 Å². The molecular weight excluding hydrogens is 288 g/mol. The van der Waals surface area contributed by atoms with Gasteiger partial charge in [-0.1, -0.05) is 44.6 Å². The quantitative estimate of drug-likeness (QED) is 0.556. The number of hydrogen-bond donors (Lipinski definition) is 0. The number of ketones is 1. The van der Waals surface area contributed by atoms with Gasteiger partial charge in [0.15, 0.2) is 5.78 Å². The molecule has 2 aliphatic carbocycles. The summed E-state index contributed by atoms with van der Waals surface area (Å²) in [7, 11) is 0. The van der Waals surface area contributed by atoms with Crippen molar-refractivity contribution in [3.63, 3.8) is 0 Å². The van der Waals surface area contributed by atoms with Gasteiger partial charge in [0, 0.05) is 17.9 Å². The normalized spacial score (nSPS) is 31.9. The number of ether oxygens (including phenoxy) is 1. The zero-order valence-electron chi connectivity index (χ0n) is 15.1. The maximum absolute atomic E-state index is 12.5. The average Bonchev–Trinajstić information content (AvgIpc) is 2.86. The summed E-state index contributed by atoms with van der Waals surface area (Å²) in [6.45, 7) is 12.2. The van der Waals surface area contributed by atoms with Crippen molar-refractivity contribution in [3.8, 4) is 0 Å². The third-order valence-electron chi connectivity index (χ3n) is 5.22. The highest BCUT2D eigenvalue weighted by molar-refractivity contribution is 5.96. The van der Waals surface area contributed by atoms with E-state index in [1.165, 1.54) is 11.6 Å². The van der Waals surface area contributed by atoms with E-state index in [1.807, 2.05) is 39.8 Å². The molecule has 2 rings (SSSR count). The monoisotopic (exact) mass is 316 g/mol. The topological polar surface area (TPSA) is 43.4 Å². The lowest BCUT2D eigenvalue weighted by Gasteiger charge is -2.16. The molecule has 1 fully saturated rings. The molecular formula is C20H28O3. The molecule has 0 aliphatic heterocycles. The van der Waals surface area contributed by atoms with Gasteiger partial charge in [0.25, 0.3) is 0 Å². The molecule has 0 spiro atoms. The van der Waals surface area contributed by atoms with Gasteiger partial charge in [-0.25, -0.2) is 0 Å². The van der Waals surface area contributed by atoms with Gasteiger partial charge in [-0.2, -0.15) is 0 Å². The minimum atomic E-state index is -0.199. The first-order chi connectivity index (χ1) is 10.7. The van der Waals surface area contributed by atoms with Crippen LogP contribution in [0.5, 0.6) is 0 Å². The Morgan fingerprint density at radius 2 is 2.00 bits per heavy atom. The smallest absolute Gasteiger partial charge is 0.315 e. The molecule has 0 aromatic carbocycles. The van der Waals surface area contributed by atoms with E-state index < -0.39 is 0 Å². The van der Waals surface area contributed by atoms with Crippen molar-refractivity contribution in [1.29, 1.82) is 0 Å². The Morgan fingerprint density at radius 3 is 2.57 bits per heavy atom. The molecule has 0 amide bonds. The summed E-state index contributed by atoms with van der Waals surface area (Å²) in [5.74, 6) is 0.376. The molecule has 0 radical (unpaired) electrons. The Labute approximate surface area is 139 Å². The lowest BCUT2D eigenvalue weighted by molar-refractivity contribution is -0.142. The second kappa shape index (κ2) is 6.46. The standard InChI is InChI=1S/C20H28O3/c1-7-8-9-14-13(4)17(11-16(14)21)23-19(22)18-15(10-12(2)3)20(18,5)6/h7-8,10-11,13-15,18H,9H2,1-6H3/b8-7+. The van der Waals surface area contributed by atoms with E-state index in [4.69, 9.17) is 4.74 Å². The molecule has 0 heterocycles. The summed E-state index contributed by atoms with van der Waals surface area (Å²) in [4.78, 5) is 24.6. The Hall–Kier alpha value is -1.64. The van der Waals surface area contributed by atoms with E-state index in [0.717, 1.165) is 0 Å². The van der Waals surface area contributed by atoms with Crippen molar-refractivity contribution in [1.82, 2.24) is 0 Å². The molecule has 4 atom stereocenters. The summed E-state index contributed by atoms with van der Waals surface area (Å²) in [5.41, 5.74) is 1.15. The van der Waals surface area contributed by atoms with Crippen molar-refractivity contribution in [2.75, 3.05) is 0 Å². The highest BCUT2D eigenvalue weighted by atomic mass is 16.5. The molecule has 3 nitrogen and oxygen atoms in total. The Bertz CT molecular complexity index is 588. The van der Waals surface area contributed by atoms with Crippen LogP contribution in [0.3, 0.4) is 0 Å². The number of carbonyl (C=O) groups excluding carboxylic acids is 2. The SMILES string of the molecule is C/C=C/CC1C(=O)C=C(OC(=O)C2C(C=C(C)C)C2(C)C)C1C. The lowest BCUT2D eigenvalue weighted by atomic mass is 9.92. The van der Waals surface area contributed by atoms with Crippen LogP contribution in [0.25, 0.3) is 0 Å². The third-order valence-corrected chi connectivity index (χ3v) is 5.22. The summed E-state index contributed by atoms with van der Waals surface area (Å²) < 4.78 is 5.62. The van der Waals surface area contributed by atoms with Crippen LogP contribution in [-0.2, 0) is 14.3 Å². The van der Waals surface area contributed by atoms with Crippen molar-refractivity contribution in [3.05, 3.63) is 35.6 Å². The van der Waals surface area contributed by atoms with Crippen LogP contribution in [0.2, 0.25) is 0 Å². The van der Waals surface area contributed by atoms with Gasteiger partial charge in [-0.05, 0) is 38.5 Å². The fourth-order valence-electron chi connectivity index (χ4n) is 3.53. The Balaban J connectivity index is 2.03. The molecule has 0 aromatic heterocycles. The summed E-state index contributed by atoms with van der Waals surface area (Å²) >= 11 is 0. The van der Waals surface area contributed by atoms with Crippen LogP contribution < -0.4 is 0 Å². The number of allylic oxidation sites excluding steroid dienone is 6. The van der Waals surface area contributed by atoms with Gasteiger partial charge in [-0.15, -0.1) is 0 Å². The molecule has 126 valence electrons. The maximum atomic E-state index is 12.5. The molecule has 3 heteroatoms.